The molecule has 0 fully saturated rings. The first-order chi connectivity index (χ1) is 10.1. The molecule has 0 amide bonds. The molecule has 1 atom stereocenters. The number of hydrogen-bond donors (Lipinski definition) is 0. The van der Waals surface area contributed by atoms with E-state index < -0.39 is 7.37 Å². The molecule has 0 aliphatic carbocycles. The van der Waals surface area contributed by atoms with Crippen molar-refractivity contribution in [1.29, 1.82) is 5.26 Å². The molecule has 5 heteroatoms. The van der Waals surface area contributed by atoms with E-state index in [-0.39, 0.29) is 6.42 Å². The number of hydrogen-bond acceptors (Lipinski definition) is 4. The number of hydroxylamine groups is 2. The first-order valence-electron chi connectivity index (χ1n) is 6.56. The van der Waals surface area contributed by atoms with Crippen LogP contribution in [0.25, 0.3) is 0 Å². The molecule has 0 bridgehead atoms. The molecule has 1 unspecified atom stereocenters. The highest BCUT2D eigenvalue weighted by atomic mass is 31.2. The van der Waals surface area contributed by atoms with E-state index in [0.29, 0.717) is 10.6 Å². The Morgan fingerprint density at radius 1 is 1.10 bits per heavy atom. The number of nitriles is 1. The van der Waals surface area contributed by atoms with Crippen molar-refractivity contribution in [2.24, 2.45) is 0 Å². The average Bonchev–Trinajstić information content (AvgIpc) is 2.48. The van der Waals surface area contributed by atoms with Crippen molar-refractivity contribution in [2.45, 2.75) is 6.42 Å². The van der Waals surface area contributed by atoms with Crippen molar-refractivity contribution in [3.8, 4) is 6.07 Å². The minimum absolute atomic E-state index is 0.198. The van der Waals surface area contributed by atoms with Gasteiger partial charge in [0, 0.05) is 24.7 Å². The average molecular weight is 300 g/mol. The summed E-state index contributed by atoms with van der Waals surface area (Å²) < 4.78 is 19.2. The maximum Gasteiger partial charge on any atom is 0.277 e. The maximum atomic E-state index is 13.5. The third-order valence-corrected chi connectivity index (χ3v) is 5.56. The summed E-state index contributed by atoms with van der Waals surface area (Å²) >= 11 is 0. The summed E-state index contributed by atoms with van der Waals surface area (Å²) in [5.41, 5.74) is 0.731. The smallest absolute Gasteiger partial charge is 0.277 e. The van der Waals surface area contributed by atoms with Crippen LogP contribution in [0.15, 0.2) is 54.6 Å². The van der Waals surface area contributed by atoms with Crippen molar-refractivity contribution < 1.29 is 9.19 Å². The SMILES string of the molecule is CN(C)OP(=O)(c1ccccc1)c1ccccc1CC#N. The summed E-state index contributed by atoms with van der Waals surface area (Å²) in [5, 5.41) is 11.6. The predicted molar refractivity (Wildman–Crippen MR) is 83.8 cm³/mol. The first kappa shape index (κ1) is 15.5. The fourth-order valence-electron chi connectivity index (χ4n) is 2.12. The molecule has 0 saturated heterocycles. The standard InChI is InChI=1S/C16H17N2O2P/c1-18(2)20-21(19,15-9-4-3-5-10-15)16-11-7-6-8-14(16)12-13-17/h3-11H,12H2,1-2H3. The Bertz CT molecular complexity index is 693. The molecule has 2 rings (SSSR count). The lowest BCUT2D eigenvalue weighted by Crippen LogP contribution is -2.25. The van der Waals surface area contributed by atoms with Gasteiger partial charge in [-0.25, -0.2) is 4.62 Å². The van der Waals surface area contributed by atoms with Gasteiger partial charge in [-0.05, 0) is 23.8 Å². The maximum absolute atomic E-state index is 13.5. The van der Waals surface area contributed by atoms with Gasteiger partial charge in [-0.15, -0.1) is 0 Å². The largest absolute Gasteiger partial charge is 0.281 e. The van der Waals surface area contributed by atoms with Crippen LogP contribution in [0.5, 0.6) is 0 Å². The molecule has 2 aromatic carbocycles. The van der Waals surface area contributed by atoms with Crippen molar-refractivity contribution in [3.05, 3.63) is 60.2 Å². The lowest BCUT2D eigenvalue weighted by atomic mass is 10.2. The Morgan fingerprint density at radius 2 is 1.71 bits per heavy atom. The molecule has 4 nitrogen and oxygen atoms in total. The van der Waals surface area contributed by atoms with Crippen molar-refractivity contribution >= 4 is 18.0 Å². The monoisotopic (exact) mass is 300 g/mol. The van der Waals surface area contributed by atoms with Gasteiger partial charge in [-0.2, -0.15) is 10.3 Å². The number of benzene rings is 2. The van der Waals surface area contributed by atoms with Crippen LogP contribution >= 0.6 is 7.37 Å². The Labute approximate surface area is 125 Å². The first-order valence-corrected chi connectivity index (χ1v) is 8.18. The van der Waals surface area contributed by atoms with Crippen LogP contribution in [0.1, 0.15) is 5.56 Å². The molecule has 0 aromatic heterocycles. The summed E-state index contributed by atoms with van der Waals surface area (Å²) in [6.07, 6.45) is 0.198. The molecule has 108 valence electrons. The fourth-order valence-corrected chi connectivity index (χ4v) is 4.42. The van der Waals surface area contributed by atoms with Gasteiger partial charge in [0.2, 0.25) is 0 Å². The molecule has 21 heavy (non-hydrogen) atoms. The van der Waals surface area contributed by atoms with E-state index in [1.54, 1.807) is 32.3 Å². The Hall–Kier alpha value is -1.92. The number of rotatable bonds is 5. The molecule has 0 saturated carbocycles. The van der Waals surface area contributed by atoms with E-state index in [2.05, 4.69) is 6.07 Å². The normalized spacial score (nSPS) is 13.6. The molecule has 0 aliphatic rings. The third-order valence-electron chi connectivity index (χ3n) is 2.95. The quantitative estimate of drug-likeness (QED) is 0.629. The van der Waals surface area contributed by atoms with Crippen LogP contribution in [0, 0.1) is 11.3 Å². The van der Waals surface area contributed by atoms with Gasteiger partial charge < -0.3 is 0 Å². The van der Waals surface area contributed by atoms with Crippen LogP contribution in [-0.2, 0) is 15.6 Å². The van der Waals surface area contributed by atoms with Gasteiger partial charge in [-0.3, -0.25) is 4.57 Å². The molecule has 0 heterocycles. The molecule has 0 radical (unpaired) electrons. The van der Waals surface area contributed by atoms with Crippen molar-refractivity contribution in [2.75, 3.05) is 14.1 Å². The predicted octanol–water partition coefficient (Wildman–Crippen LogP) is 2.47. The molecular formula is C16H17N2O2P. The molecule has 0 N–H and O–H groups in total. The molecule has 0 aliphatic heterocycles. The second kappa shape index (κ2) is 6.69. The summed E-state index contributed by atoms with van der Waals surface area (Å²) in [6.45, 7) is 0. The zero-order valence-electron chi connectivity index (χ0n) is 12.1. The molecule has 0 spiro atoms. The zero-order valence-corrected chi connectivity index (χ0v) is 13.0. The highest BCUT2D eigenvalue weighted by Crippen LogP contribution is 2.45. The van der Waals surface area contributed by atoms with E-state index in [4.69, 9.17) is 9.89 Å². The van der Waals surface area contributed by atoms with Gasteiger partial charge in [0.15, 0.2) is 0 Å². The summed E-state index contributed by atoms with van der Waals surface area (Å²) in [7, 11) is 0.121. The van der Waals surface area contributed by atoms with E-state index in [1.807, 2.05) is 36.4 Å². The van der Waals surface area contributed by atoms with Crippen LogP contribution in [0.3, 0.4) is 0 Å². The summed E-state index contributed by atoms with van der Waals surface area (Å²) in [5.74, 6) is 0. The highest BCUT2D eigenvalue weighted by molar-refractivity contribution is 7.74. The second-order valence-corrected chi connectivity index (χ2v) is 7.01. The van der Waals surface area contributed by atoms with Crippen molar-refractivity contribution in [1.82, 2.24) is 5.06 Å². The number of nitrogens with zero attached hydrogens (tertiary/aromatic N) is 2. The fraction of sp³-hybridized carbons (Fsp3) is 0.188. The summed E-state index contributed by atoms with van der Waals surface area (Å²) in [6, 6.07) is 18.4. The van der Waals surface area contributed by atoms with Crippen molar-refractivity contribution in [3.63, 3.8) is 0 Å². The van der Waals surface area contributed by atoms with Gasteiger partial charge >= 0.3 is 0 Å². The zero-order chi connectivity index (χ0) is 15.3. The van der Waals surface area contributed by atoms with E-state index in [1.165, 1.54) is 5.06 Å². The topological polar surface area (TPSA) is 53.3 Å². The minimum Gasteiger partial charge on any atom is -0.281 e. The van der Waals surface area contributed by atoms with Gasteiger partial charge in [0.05, 0.1) is 12.5 Å². The van der Waals surface area contributed by atoms with E-state index >= 15 is 0 Å². The van der Waals surface area contributed by atoms with Gasteiger partial charge in [0.1, 0.15) is 0 Å². The van der Waals surface area contributed by atoms with E-state index in [9.17, 15) is 4.57 Å². The van der Waals surface area contributed by atoms with Crippen LogP contribution < -0.4 is 10.6 Å². The van der Waals surface area contributed by atoms with E-state index in [0.717, 1.165) is 5.56 Å². The minimum atomic E-state index is -3.27. The lowest BCUT2D eigenvalue weighted by molar-refractivity contribution is 0.00512. The Kier molecular flexibility index (Phi) is 4.93. The molecule has 2 aromatic rings. The highest BCUT2D eigenvalue weighted by Gasteiger charge is 2.32. The Morgan fingerprint density at radius 3 is 2.33 bits per heavy atom. The van der Waals surface area contributed by atoms with Gasteiger partial charge in [0.25, 0.3) is 7.37 Å². The van der Waals surface area contributed by atoms with Crippen LogP contribution in [0.2, 0.25) is 0 Å². The van der Waals surface area contributed by atoms with Crippen LogP contribution in [0.4, 0.5) is 0 Å². The lowest BCUT2D eigenvalue weighted by Gasteiger charge is -2.24. The Balaban J connectivity index is 2.62. The molecular weight excluding hydrogens is 283 g/mol. The van der Waals surface area contributed by atoms with Gasteiger partial charge in [-0.1, -0.05) is 36.4 Å². The third kappa shape index (κ3) is 3.40. The van der Waals surface area contributed by atoms with Crippen LogP contribution in [-0.4, -0.2) is 19.2 Å². The summed E-state index contributed by atoms with van der Waals surface area (Å²) in [4.78, 5) is 0. The second-order valence-electron chi connectivity index (χ2n) is 4.74.